The molecule has 0 aliphatic carbocycles. The first-order valence-corrected chi connectivity index (χ1v) is 15.7. The Labute approximate surface area is 230 Å². The molecule has 0 radical (unpaired) electrons. The van der Waals surface area contributed by atoms with E-state index in [0.717, 1.165) is 19.3 Å². The van der Waals surface area contributed by atoms with Gasteiger partial charge in [-0.3, -0.25) is 19.2 Å². The molecule has 216 valence electrons. The predicted molar refractivity (Wildman–Crippen MR) is 152 cm³/mol. The minimum absolute atomic E-state index is 0.0123. The van der Waals surface area contributed by atoms with Crippen molar-refractivity contribution in [2.24, 2.45) is 0 Å². The fraction of sp³-hybridized carbons (Fsp3) is 0.862. The van der Waals surface area contributed by atoms with Crippen LogP contribution < -0.4 is 5.32 Å². The molecule has 8 heteroatoms. The molecular formula is C29H53NO6S. The molecule has 0 aliphatic rings. The second-order valence-corrected chi connectivity index (χ2v) is 10.8. The minimum atomic E-state index is -0.583. The number of nitrogens with one attached hydrogen (secondary N) is 1. The highest BCUT2D eigenvalue weighted by molar-refractivity contribution is 7.99. The third-order valence-corrected chi connectivity index (χ3v) is 7.40. The highest BCUT2D eigenvalue weighted by atomic mass is 32.2. The summed E-state index contributed by atoms with van der Waals surface area (Å²) >= 11 is 1.40. The van der Waals surface area contributed by atoms with Gasteiger partial charge in [0, 0.05) is 30.8 Å². The number of unbranched alkanes of at least 4 members (excludes halogenated alkanes) is 12. The summed E-state index contributed by atoms with van der Waals surface area (Å²) in [5.41, 5.74) is 0. The van der Waals surface area contributed by atoms with Crippen LogP contribution in [0.2, 0.25) is 0 Å². The number of hydrogen-bond acceptors (Lipinski definition) is 7. The quantitative estimate of drug-likeness (QED) is 0.103. The van der Waals surface area contributed by atoms with E-state index in [4.69, 9.17) is 9.47 Å². The largest absolute Gasteiger partial charge is 0.462 e. The summed E-state index contributed by atoms with van der Waals surface area (Å²) in [6.45, 7) is 7.10. The number of esters is 2. The fourth-order valence-corrected chi connectivity index (χ4v) is 4.94. The number of thioether (sulfide) groups is 1. The molecule has 37 heavy (non-hydrogen) atoms. The van der Waals surface area contributed by atoms with Crippen molar-refractivity contribution in [3.63, 3.8) is 0 Å². The Balaban J connectivity index is 4.06. The van der Waals surface area contributed by atoms with Gasteiger partial charge >= 0.3 is 11.9 Å². The van der Waals surface area contributed by atoms with Crippen molar-refractivity contribution in [2.45, 2.75) is 143 Å². The summed E-state index contributed by atoms with van der Waals surface area (Å²) in [5.74, 6) is -0.180. The maximum absolute atomic E-state index is 12.4. The van der Waals surface area contributed by atoms with Crippen molar-refractivity contribution in [1.82, 2.24) is 5.32 Å². The van der Waals surface area contributed by atoms with E-state index >= 15 is 0 Å². The number of ketones is 1. The van der Waals surface area contributed by atoms with E-state index in [2.05, 4.69) is 12.2 Å². The molecule has 0 bridgehead atoms. The summed E-state index contributed by atoms with van der Waals surface area (Å²) < 4.78 is 10.5. The van der Waals surface area contributed by atoms with Gasteiger partial charge in [-0.1, -0.05) is 97.8 Å². The van der Waals surface area contributed by atoms with Gasteiger partial charge in [0.1, 0.15) is 12.7 Å². The van der Waals surface area contributed by atoms with E-state index in [1.54, 1.807) is 13.8 Å². The lowest BCUT2D eigenvalue weighted by Gasteiger charge is -2.20. The molecule has 0 heterocycles. The zero-order chi connectivity index (χ0) is 27.7. The summed E-state index contributed by atoms with van der Waals surface area (Å²) in [6, 6.07) is -0.583. The zero-order valence-corrected chi connectivity index (χ0v) is 24.8. The lowest BCUT2D eigenvalue weighted by Crippen LogP contribution is -2.42. The van der Waals surface area contributed by atoms with Crippen molar-refractivity contribution >= 4 is 35.4 Å². The van der Waals surface area contributed by atoms with E-state index in [1.165, 1.54) is 82.9 Å². The smallest absolute Gasteiger partial charge is 0.305 e. The third kappa shape index (κ3) is 22.2. The van der Waals surface area contributed by atoms with Crippen molar-refractivity contribution in [1.29, 1.82) is 0 Å². The summed E-state index contributed by atoms with van der Waals surface area (Å²) in [4.78, 5) is 47.5. The number of ether oxygens (including phenoxy) is 2. The standard InChI is InChI=1S/C29H53NO6S/c1-5-8-9-10-11-12-13-14-15-16-17-18-19-20-27(32)30-26(24(4)31)23-37-22-25(36-29(34)7-3)21-35-28(33)6-2/h25-26H,5-23H2,1-4H3,(H,30,32)/t25-,26-/m0/s1. The molecule has 0 spiro atoms. The van der Waals surface area contributed by atoms with Crippen LogP contribution in [0.3, 0.4) is 0 Å². The Morgan fingerprint density at radius 3 is 1.70 bits per heavy atom. The van der Waals surface area contributed by atoms with Gasteiger partial charge in [-0.05, 0) is 13.3 Å². The topological polar surface area (TPSA) is 98.8 Å². The van der Waals surface area contributed by atoms with Crippen molar-refractivity contribution in [3.8, 4) is 0 Å². The first kappa shape index (κ1) is 35.4. The van der Waals surface area contributed by atoms with Gasteiger partial charge < -0.3 is 14.8 Å². The van der Waals surface area contributed by atoms with E-state index < -0.39 is 12.1 Å². The van der Waals surface area contributed by atoms with E-state index in [9.17, 15) is 19.2 Å². The average Bonchev–Trinajstić information content (AvgIpc) is 2.88. The normalized spacial score (nSPS) is 12.5. The second kappa shape index (κ2) is 24.7. The van der Waals surface area contributed by atoms with Gasteiger partial charge in [0.15, 0.2) is 5.78 Å². The number of Topliss-reactive ketones (excluding diaryl/α,β-unsaturated/α-hetero) is 1. The molecule has 0 saturated carbocycles. The number of amides is 1. The van der Waals surface area contributed by atoms with Gasteiger partial charge in [0.2, 0.25) is 5.91 Å². The van der Waals surface area contributed by atoms with Crippen molar-refractivity contribution < 1.29 is 28.7 Å². The van der Waals surface area contributed by atoms with Gasteiger partial charge in [-0.25, -0.2) is 0 Å². The molecular weight excluding hydrogens is 490 g/mol. The second-order valence-electron chi connectivity index (χ2n) is 9.76. The summed E-state index contributed by atoms with van der Waals surface area (Å²) in [6.07, 6.45) is 16.6. The Morgan fingerprint density at radius 1 is 0.703 bits per heavy atom. The number of carbonyl (C=O) groups is 4. The highest BCUT2D eigenvalue weighted by Gasteiger charge is 2.20. The predicted octanol–water partition coefficient (Wildman–Crippen LogP) is 6.55. The summed E-state index contributed by atoms with van der Waals surface area (Å²) in [7, 11) is 0. The van der Waals surface area contributed by atoms with Crippen LogP contribution in [0, 0.1) is 0 Å². The van der Waals surface area contributed by atoms with E-state index in [0.29, 0.717) is 17.9 Å². The molecule has 0 aromatic rings. The molecule has 1 amide bonds. The molecule has 0 aromatic heterocycles. The van der Waals surface area contributed by atoms with Crippen LogP contribution in [0.15, 0.2) is 0 Å². The molecule has 1 N–H and O–H groups in total. The monoisotopic (exact) mass is 543 g/mol. The van der Waals surface area contributed by atoms with Crippen LogP contribution in [0.25, 0.3) is 0 Å². The van der Waals surface area contributed by atoms with Gasteiger partial charge in [-0.15, -0.1) is 0 Å². The maximum Gasteiger partial charge on any atom is 0.305 e. The SMILES string of the molecule is CCCCCCCCCCCCCCCC(=O)N[C@@H](CSC[C@H](COC(=O)CC)OC(=O)CC)C(C)=O. The zero-order valence-electron chi connectivity index (χ0n) is 23.9. The van der Waals surface area contributed by atoms with Gasteiger partial charge in [0.25, 0.3) is 0 Å². The maximum atomic E-state index is 12.4. The van der Waals surface area contributed by atoms with Gasteiger partial charge in [0.05, 0.1) is 6.04 Å². The molecule has 0 unspecified atom stereocenters. The fourth-order valence-electron chi connectivity index (χ4n) is 3.82. The lowest BCUT2D eigenvalue weighted by atomic mass is 10.0. The Morgan fingerprint density at radius 2 is 1.22 bits per heavy atom. The Bertz CT molecular complexity index is 628. The first-order chi connectivity index (χ1) is 17.8. The number of rotatable bonds is 25. The Hall–Kier alpha value is -1.57. The van der Waals surface area contributed by atoms with Crippen LogP contribution in [-0.2, 0) is 28.7 Å². The molecule has 0 saturated heterocycles. The van der Waals surface area contributed by atoms with Crippen LogP contribution in [0.5, 0.6) is 0 Å². The van der Waals surface area contributed by atoms with Crippen molar-refractivity contribution in [2.75, 3.05) is 18.1 Å². The molecule has 0 aliphatic heterocycles. The number of hydrogen-bond donors (Lipinski definition) is 1. The van der Waals surface area contributed by atoms with E-state index in [-0.39, 0.29) is 43.1 Å². The van der Waals surface area contributed by atoms with E-state index in [1.807, 2.05) is 0 Å². The van der Waals surface area contributed by atoms with Gasteiger partial charge in [-0.2, -0.15) is 11.8 Å². The lowest BCUT2D eigenvalue weighted by molar-refractivity contribution is -0.157. The van der Waals surface area contributed by atoms with Crippen LogP contribution in [0.4, 0.5) is 0 Å². The molecule has 2 atom stereocenters. The van der Waals surface area contributed by atoms with Crippen LogP contribution in [-0.4, -0.2) is 53.9 Å². The molecule has 7 nitrogen and oxygen atoms in total. The molecule has 0 rings (SSSR count). The minimum Gasteiger partial charge on any atom is -0.462 e. The van der Waals surface area contributed by atoms with Crippen LogP contribution >= 0.6 is 11.8 Å². The first-order valence-electron chi connectivity index (χ1n) is 14.6. The number of carbonyl (C=O) groups excluding carboxylic acids is 4. The molecule has 0 aromatic carbocycles. The highest BCUT2D eigenvalue weighted by Crippen LogP contribution is 2.14. The average molecular weight is 544 g/mol. The summed E-state index contributed by atoms with van der Waals surface area (Å²) in [5, 5.41) is 2.84. The third-order valence-electron chi connectivity index (χ3n) is 6.23. The van der Waals surface area contributed by atoms with Crippen molar-refractivity contribution in [3.05, 3.63) is 0 Å². The Kier molecular flexibility index (Phi) is 23.7. The molecule has 0 fully saturated rings. The van der Waals surface area contributed by atoms with Crippen LogP contribution in [0.1, 0.15) is 130 Å².